The molecule has 4 atom stereocenters. The first kappa shape index (κ1) is 8.79. The summed E-state index contributed by atoms with van der Waals surface area (Å²) in [5, 5.41) is 19.8. The Morgan fingerprint density at radius 3 is 2.83 bits per heavy atom. The highest BCUT2D eigenvalue weighted by Gasteiger charge is 2.50. The lowest BCUT2D eigenvalue weighted by Crippen LogP contribution is -2.50. The van der Waals surface area contributed by atoms with Gasteiger partial charge in [0.05, 0.1) is 11.7 Å². The van der Waals surface area contributed by atoms with E-state index in [1.807, 2.05) is 0 Å². The van der Waals surface area contributed by atoms with E-state index in [-0.39, 0.29) is 11.3 Å². The van der Waals surface area contributed by atoms with Crippen LogP contribution in [0.2, 0.25) is 0 Å². The van der Waals surface area contributed by atoms with E-state index in [2.05, 4.69) is 0 Å². The Labute approximate surface area is 77.5 Å². The van der Waals surface area contributed by atoms with Gasteiger partial charge in [0, 0.05) is 5.38 Å². The molecule has 12 heavy (non-hydrogen) atoms. The van der Waals surface area contributed by atoms with Gasteiger partial charge in [0.1, 0.15) is 0 Å². The molecule has 2 aliphatic rings. The fraction of sp³-hybridized carbons (Fsp3) is 1.00. The molecule has 70 valence electrons. The second-order valence-corrected chi connectivity index (χ2v) is 4.78. The average molecular weight is 191 g/mol. The first-order valence-corrected chi connectivity index (χ1v) is 5.11. The summed E-state index contributed by atoms with van der Waals surface area (Å²) in [5.74, 6) is 0.240. The summed E-state index contributed by atoms with van der Waals surface area (Å²) in [6.45, 7) is 0. The second kappa shape index (κ2) is 2.86. The van der Waals surface area contributed by atoms with Gasteiger partial charge in [0.2, 0.25) is 0 Å². The molecule has 2 N–H and O–H groups in total. The van der Waals surface area contributed by atoms with Crippen molar-refractivity contribution in [2.45, 2.75) is 49.2 Å². The summed E-state index contributed by atoms with van der Waals surface area (Å²) in [6, 6.07) is 0. The minimum Gasteiger partial charge on any atom is -0.390 e. The van der Waals surface area contributed by atoms with Crippen molar-refractivity contribution >= 4 is 11.6 Å². The third-order valence-corrected chi connectivity index (χ3v) is 3.79. The fourth-order valence-corrected chi connectivity index (χ4v) is 3.08. The van der Waals surface area contributed by atoms with E-state index in [1.165, 1.54) is 0 Å². The molecule has 0 heterocycles. The molecule has 3 heteroatoms. The van der Waals surface area contributed by atoms with Crippen LogP contribution in [-0.4, -0.2) is 27.3 Å². The standard InChI is InChI=1S/C9H15ClO2/c10-7-4-6-2-1-3-9(6,12)8(11)5-7/h6-8,11-12H,1-5H2/t6-,7?,8-,9+/m0/s1. The SMILES string of the molecule is O[C@H]1CC(Cl)C[C@@H]2CCC[C@@]21O. The van der Waals surface area contributed by atoms with E-state index in [0.29, 0.717) is 6.42 Å². The Morgan fingerprint density at radius 1 is 1.33 bits per heavy atom. The fourth-order valence-electron chi connectivity index (χ4n) is 2.70. The molecule has 0 spiro atoms. The van der Waals surface area contributed by atoms with Crippen LogP contribution in [0, 0.1) is 5.92 Å². The van der Waals surface area contributed by atoms with Crippen LogP contribution in [0.3, 0.4) is 0 Å². The van der Waals surface area contributed by atoms with E-state index in [4.69, 9.17) is 11.6 Å². The Kier molecular flexibility index (Phi) is 2.10. The lowest BCUT2D eigenvalue weighted by Gasteiger charge is -2.41. The number of aliphatic hydroxyl groups excluding tert-OH is 1. The van der Waals surface area contributed by atoms with Crippen molar-refractivity contribution in [2.24, 2.45) is 5.92 Å². The molecule has 0 saturated heterocycles. The smallest absolute Gasteiger partial charge is 0.0934 e. The molecule has 0 bridgehead atoms. The summed E-state index contributed by atoms with van der Waals surface area (Å²) in [6.07, 6.45) is 3.63. The first-order valence-electron chi connectivity index (χ1n) is 4.67. The number of aliphatic hydroxyl groups is 2. The predicted octanol–water partition coefficient (Wildman–Crippen LogP) is 1.28. The number of fused-ring (bicyclic) bond motifs is 1. The molecular formula is C9H15ClO2. The zero-order valence-electron chi connectivity index (χ0n) is 7.04. The molecule has 2 saturated carbocycles. The molecule has 0 aromatic carbocycles. The van der Waals surface area contributed by atoms with Gasteiger partial charge < -0.3 is 10.2 Å². The molecule has 0 aromatic heterocycles. The Bertz CT molecular complexity index is 185. The van der Waals surface area contributed by atoms with E-state index in [0.717, 1.165) is 25.7 Å². The number of hydrogen-bond acceptors (Lipinski definition) is 2. The highest BCUT2D eigenvalue weighted by Crippen LogP contribution is 2.46. The van der Waals surface area contributed by atoms with Gasteiger partial charge in [0.15, 0.2) is 0 Å². The predicted molar refractivity (Wildman–Crippen MR) is 47.2 cm³/mol. The molecule has 0 radical (unpaired) electrons. The van der Waals surface area contributed by atoms with Crippen molar-refractivity contribution in [3.05, 3.63) is 0 Å². The zero-order valence-corrected chi connectivity index (χ0v) is 7.80. The average Bonchev–Trinajstić information content (AvgIpc) is 2.33. The summed E-state index contributed by atoms with van der Waals surface area (Å²) < 4.78 is 0. The number of alkyl halides is 1. The Morgan fingerprint density at radius 2 is 2.08 bits per heavy atom. The van der Waals surface area contributed by atoms with Gasteiger partial charge in [-0.05, 0) is 31.6 Å². The minimum atomic E-state index is -0.800. The van der Waals surface area contributed by atoms with Crippen molar-refractivity contribution in [1.82, 2.24) is 0 Å². The van der Waals surface area contributed by atoms with Crippen molar-refractivity contribution in [2.75, 3.05) is 0 Å². The van der Waals surface area contributed by atoms with Crippen LogP contribution >= 0.6 is 11.6 Å². The van der Waals surface area contributed by atoms with E-state index >= 15 is 0 Å². The minimum absolute atomic E-state index is 0.0587. The highest BCUT2D eigenvalue weighted by atomic mass is 35.5. The third-order valence-electron chi connectivity index (χ3n) is 3.43. The number of rotatable bonds is 0. The van der Waals surface area contributed by atoms with E-state index in [9.17, 15) is 10.2 Å². The van der Waals surface area contributed by atoms with Crippen LogP contribution in [0.1, 0.15) is 32.1 Å². The van der Waals surface area contributed by atoms with Crippen LogP contribution in [0.5, 0.6) is 0 Å². The highest BCUT2D eigenvalue weighted by molar-refractivity contribution is 6.20. The normalized spacial score (nSPS) is 53.8. The first-order chi connectivity index (χ1) is 5.63. The van der Waals surface area contributed by atoms with E-state index in [1.54, 1.807) is 0 Å². The van der Waals surface area contributed by atoms with Crippen LogP contribution in [-0.2, 0) is 0 Å². The lowest BCUT2D eigenvalue weighted by molar-refractivity contribution is -0.120. The third kappa shape index (κ3) is 1.17. The molecule has 2 rings (SSSR count). The quantitative estimate of drug-likeness (QED) is 0.565. The Balaban J connectivity index is 2.17. The van der Waals surface area contributed by atoms with Gasteiger partial charge in [-0.25, -0.2) is 0 Å². The summed E-state index contributed by atoms with van der Waals surface area (Å²) in [7, 11) is 0. The summed E-state index contributed by atoms with van der Waals surface area (Å²) in [4.78, 5) is 0. The number of hydrogen-bond donors (Lipinski definition) is 2. The molecule has 2 nitrogen and oxygen atoms in total. The van der Waals surface area contributed by atoms with Crippen molar-refractivity contribution in [3.63, 3.8) is 0 Å². The maximum atomic E-state index is 10.1. The molecule has 0 aromatic rings. The van der Waals surface area contributed by atoms with Crippen molar-refractivity contribution in [3.8, 4) is 0 Å². The second-order valence-electron chi connectivity index (χ2n) is 4.16. The summed E-state index contributed by atoms with van der Waals surface area (Å²) >= 11 is 5.97. The zero-order chi connectivity index (χ0) is 8.77. The van der Waals surface area contributed by atoms with Crippen molar-refractivity contribution < 1.29 is 10.2 Å². The molecular weight excluding hydrogens is 176 g/mol. The van der Waals surface area contributed by atoms with Crippen LogP contribution in [0.25, 0.3) is 0 Å². The van der Waals surface area contributed by atoms with Gasteiger partial charge in [-0.1, -0.05) is 6.42 Å². The largest absolute Gasteiger partial charge is 0.390 e. The number of halogens is 1. The molecule has 0 aliphatic heterocycles. The van der Waals surface area contributed by atoms with Gasteiger partial charge in [-0.2, -0.15) is 0 Å². The monoisotopic (exact) mass is 190 g/mol. The maximum absolute atomic E-state index is 10.1. The van der Waals surface area contributed by atoms with E-state index < -0.39 is 11.7 Å². The van der Waals surface area contributed by atoms with Gasteiger partial charge >= 0.3 is 0 Å². The lowest BCUT2D eigenvalue weighted by atomic mass is 9.75. The van der Waals surface area contributed by atoms with Gasteiger partial charge in [-0.15, -0.1) is 11.6 Å². The molecule has 2 fully saturated rings. The molecule has 1 unspecified atom stereocenters. The maximum Gasteiger partial charge on any atom is 0.0934 e. The van der Waals surface area contributed by atoms with Crippen molar-refractivity contribution in [1.29, 1.82) is 0 Å². The van der Waals surface area contributed by atoms with Gasteiger partial charge in [0.25, 0.3) is 0 Å². The molecule has 0 amide bonds. The molecule has 2 aliphatic carbocycles. The Hall–Kier alpha value is 0.210. The van der Waals surface area contributed by atoms with Crippen LogP contribution in [0.15, 0.2) is 0 Å². The van der Waals surface area contributed by atoms with Gasteiger partial charge in [-0.3, -0.25) is 0 Å². The van der Waals surface area contributed by atoms with Crippen LogP contribution in [0.4, 0.5) is 0 Å². The topological polar surface area (TPSA) is 40.5 Å². The van der Waals surface area contributed by atoms with Crippen LogP contribution < -0.4 is 0 Å². The summed E-state index contributed by atoms with van der Waals surface area (Å²) in [5.41, 5.74) is -0.800.